The molecule has 0 aromatic heterocycles. The minimum Gasteiger partial charge on any atom is -0.382 e. The number of nitrogens with one attached hydrogen (secondary N) is 1. The third kappa shape index (κ3) is 2.94. The average molecular weight is 201 g/mol. The second-order valence-corrected chi connectivity index (χ2v) is 4.07. The summed E-state index contributed by atoms with van der Waals surface area (Å²) in [6, 6.07) is 0.601. The highest BCUT2D eigenvalue weighted by atomic mass is 16.5. The predicted molar refractivity (Wildman–Crippen MR) is 57.5 cm³/mol. The highest BCUT2D eigenvalue weighted by molar-refractivity contribution is 4.88. The van der Waals surface area contributed by atoms with E-state index >= 15 is 0 Å². The number of methoxy groups -OCH3 is 1. The fourth-order valence-corrected chi connectivity index (χ4v) is 2.20. The van der Waals surface area contributed by atoms with Crippen LogP contribution in [0.4, 0.5) is 0 Å². The molecule has 1 rings (SSSR count). The zero-order chi connectivity index (χ0) is 10.4. The van der Waals surface area contributed by atoms with Crippen molar-refractivity contribution in [1.82, 2.24) is 5.32 Å². The molecule has 1 saturated heterocycles. The summed E-state index contributed by atoms with van der Waals surface area (Å²) in [7, 11) is 1.75. The minimum atomic E-state index is -0.0418. The lowest BCUT2D eigenvalue weighted by Crippen LogP contribution is -2.49. The lowest BCUT2D eigenvalue weighted by atomic mass is 9.88. The quantitative estimate of drug-likeness (QED) is 0.732. The lowest BCUT2D eigenvalue weighted by Gasteiger charge is -2.40. The summed E-state index contributed by atoms with van der Waals surface area (Å²) in [5.41, 5.74) is -0.0418. The first-order valence-corrected chi connectivity index (χ1v) is 5.62. The van der Waals surface area contributed by atoms with Gasteiger partial charge < -0.3 is 14.8 Å². The molecule has 3 heteroatoms. The molecule has 0 aliphatic carbocycles. The normalized spacial score (nSPS) is 33.2. The van der Waals surface area contributed by atoms with E-state index in [1.165, 1.54) is 0 Å². The van der Waals surface area contributed by atoms with E-state index < -0.39 is 0 Å². The fourth-order valence-electron chi connectivity index (χ4n) is 2.20. The van der Waals surface area contributed by atoms with Gasteiger partial charge in [-0.15, -0.1) is 0 Å². The maximum atomic E-state index is 5.87. The van der Waals surface area contributed by atoms with Gasteiger partial charge in [-0.25, -0.2) is 0 Å². The van der Waals surface area contributed by atoms with Crippen molar-refractivity contribution in [3.05, 3.63) is 0 Å². The van der Waals surface area contributed by atoms with Gasteiger partial charge in [-0.2, -0.15) is 0 Å². The largest absolute Gasteiger partial charge is 0.382 e. The van der Waals surface area contributed by atoms with Crippen molar-refractivity contribution < 1.29 is 9.47 Å². The molecule has 1 aliphatic rings. The van der Waals surface area contributed by atoms with Gasteiger partial charge in [0.15, 0.2) is 0 Å². The van der Waals surface area contributed by atoms with E-state index in [4.69, 9.17) is 9.47 Å². The second-order valence-electron chi connectivity index (χ2n) is 4.07. The van der Waals surface area contributed by atoms with Crippen molar-refractivity contribution in [2.24, 2.45) is 0 Å². The first-order chi connectivity index (χ1) is 6.76. The highest BCUT2D eigenvalue weighted by Gasteiger charge is 2.35. The van der Waals surface area contributed by atoms with Crippen LogP contribution in [-0.4, -0.2) is 38.5 Å². The molecule has 1 N–H and O–H groups in total. The van der Waals surface area contributed by atoms with Crippen LogP contribution in [0.15, 0.2) is 0 Å². The van der Waals surface area contributed by atoms with Crippen molar-refractivity contribution in [2.75, 3.05) is 26.9 Å². The molecule has 2 atom stereocenters. The van der Waals surface area contributed by atoms with E-state index in [1.807, 2.05) is 0 Å². The molecule has 84 valence electrons. The van der Waals surface area contributed by atoms with Gasteiger partial charge in [-0.1, -0.05) is 13.8 Å². The maximum absolute atomic E-state index is 5.87. The first-order valence-electron chi connectivity index (χ1n) is 5.62. The van der Waals surface area contributed by atoms with Crippen molar-refractivity contribution in [3.8, 4) is 0 Å². The molecule has 14 heavy (non-hydrogen) atoms. The third-order valence-electron chi connectivity index (χ3n) is 3.04. The van der Waals surface area contributed by atoms with E-state index in [9.17, 15) is 0 Å². The zero-order valence-electron chi connectivity index (χ0n) is 9.64. The Kier molecular flexibility index (Phi) is 4.85. The molecule has 0 spiro atoms. The van der Waals surface area contributed by atoms with Crippen LogP contribution in [0.5, 0.6) is 0 Å². The number of hydrogen-bond acceptors (Lipinski definition) is 3. The van der Waals surface area contributed by atoms with Gasteiger partial charge in [0.2, 0.25) is 0 Å². The summed E-state index contributed by atoms with van der Waals surface area (Å²) in [6.07, 6.45) is 3.23. The molecule has 3 nitrogen and oxygen atoms in total. The Labute approximate surface area is 87.2 Å². The van der Waals surface area contributed by atoms with Crippen LogP contribution in [-0.2, 0) is 9.47 Å². The van der Waals surface area contributed by atoms with Gasteiger partial charge in [0.05, 0.1) is 12.2 Å². The summed E-state index contributed by atoms with van der Waals surface area (Å²) in [5.74, 6) is 0. The van der Waals surface area contributed by atoms with Crippen molar-refractivity contribution >= 4 is 0 Å². The highest BCUT2D eigenvalue weighted by Crippen LogP contribution is 2.28. The van der Waals surface area contributed by atoms with Crippen LogP contribution in [0, 0.1) is 0 Å². The van der Waals surface area contributed by atoms with Gasteiger partial charge >= 0.3 is 0 Å². The third-order valence-corrected chi connectivity index (χ3v) is 3.04. The number of rotatable bonds is 5. The molecule has 1 fully saturated rings. The van der Waals surface area contributed by atoms with Gasteiger partial charge in [0.25, 0.3) is 0 Å². The van der Waals surface area contributed by atoms with Crippen molar-refractivity contribution in [3.63, 3.8) is 0 Å². The van der Waals surface area contributed by atoms with E-state index in [1.54, 1.807) is 7.11 Å². The first kappa shape index (κ1) is 12.0. The summed E-state index contributed by atoms with van der Waals surface area (Å²) < 4.78 is 11.1. The number of ether oxygens (including phenoxy) is 2. The standard InChI is InChI=1S/C11H23NO2/c1-4-11(9-13-3)8-10(12-5-2)6-7-14-11/h10,12H,4-9H2,1-3H3. The smallest absolute Gasteiger partial charge is 0.0926 e. The molecule has 0 saturated carbocycles. The van der Waals surface area contributed by atoms with Gasteiger partial charge in [0, 0.05) is 19.8 Å². The van der Waals surface area contributed by atoms with Gasteiger partial charge in [0.1, 0.15) is 0 Å². The van der Waals surface area contributed by atoms with E-state index in [0.717, 1.165) is 32.4 Å². The molecule has 0 aromatic carbocycles. The summed E-state index contributed by atoms with van der Waals surface area (Å²) in [6.45, 7) is 6.93. The van der Waals surface area contributed by atoms with Crippen LogP contribution >= 0.6 is 0 Å². The summed E-state index contributed by atoms with van der Waals surface area (Å²) in [4.78, 5) is 0. The second kappa shape index (κ2) is 5.69. The van der Waals surface area contributed by atoms with Crippen LogP contribution in [0.3, 0.4) is 0 Å². The molecule has 1 heterocycles. The minimum absolute atomic E-state index is 0.0418. The topological polar surface area (TPSA) is 30.5 Å². The SMILES string of the molecule is CCNC1CCOC(CC)(COC)C1. The Morgan fingerprint density at radius 1 is 1.50 bits per heavy atom. The van der Waals surface area contributed by atoms with Crippen LogP contribution < -0.4 is 5.32 Å². The molecule has 0 amide bonds. The molecular formula is C11H23NO2. The van der Waals surface area contributed by atoms with Crippen molar-refractivity contribution in [2.45, 2.75) is 44.8 Å². The Balaban J connectivity index is 2.49. The van der Waals surface area contributed by atoms with Crippen LogP contribution in [0.2, 0.25) is 0 Å². The molecular weight excluding hydrogens is 178 g/mol. The Hall–Kier alpha value is -0.120. The fraction of sp³-hybridized carbons (Fsp3) is 1.00. The summed E-state index contributed by atoms with van der Waals surface area (Å²) >= 11 is 0. The molecule has 1 aliphatic heterocycles. The maximum Gasteiger partial charge on any atom is 0.0926 e. The predicted octanol–water partition coefficient (Wildman–Crippen LogP) is 1.57. The van der Waals surface area contributed by atoms with Gasteiger partial charge in [-0.05, 0) is 25.8 Å². The monoisotopic (exact) mass is 201 g/mol. The van der Waals surface area contributed by atoms with E-state index in [2.05, 4.69) is 19.2 Å². The van der Waals surface area contributed by atoms with Gasteiger partial charge in [-0.3, -0.25) is 0 Å². The molecule has 0 bridgehead atoms. The summed E-state index contributed by atoms with van der Waals surface area (Å²) in [5, 5.41) is 3.50. The Bertz CT molecular complexity index is 157. The van der Waals surface area contributed by atoms with E-state index in [0.29, 0.717) is 12.6 Å². The molecule has 2 unspecified atom stereocenters. The Morgan fingerprint density at radius 3 is 2.86 bits per heavy atom. The van der Waals surface area contributed by atoms with Crippen LogP contribution in [0.25, 0.3) is 0 Å². The van der Waals surface area contributed by atoms with Crippen molar-refractivity contribution in [1.29, 1.82) is 0 Å². The Morgan fingerprint density at radius 2 is 2.29 bits per heavy atom. The molecule has 0 aromatic rings. The lowest BCUT2D eigenvalue weighted by molar-refractivity contribution is -0.125. The number of hydrogen-bond donors (Lipinski definition) is 1. The molecule has 0 radical (unpaired) electrons. The average Bonchev–Trinajstić information content (AvgIpc) is 2.19. The van der Waals surface area contributed by atoms with Crippen LogP contribution in [0.1, 0.15) is 33.1 Å². The van der Waals surface area contributed by atoms with E-state index in [-0.39, 0.29) is 5.60 Å². The zero-order valence-corrected chi connectivity index (χ0v) is 9.64.